The fourth-order valence-electron chi connectivity index (χ4n) is 2.68. The Labute approximate surface area is 188 Å². The maximum Gasteiger partial charge on any atom is 0.180 e. The third kappa shape index (κ3) is 5.55. The number of halogens is 3. The smallest absolute Gasteiger partial charge is 0.180 e. The van der Waals surface area contributed by atoms with Crippen LogP contribution in [-0.2, 0) is 6.61 Å². The monoisotopic (exact) mass is 487 g/mol. The lowest BCUT2D eigenvalue weighted by atomic mass is 10.0. The first kappa shape index (κ1) is 21.3. The van der Waals surface area contributed by atoms with Crippen molar-refractivity contribution in [2.45, 2.75) is 6.61 Å². The van der Waals surface area contributed by atoms with Crippen molar-refractivity contribution in [1.29, 1.82) is 5.26 Å². The van der Waals surface area contributed by atoms with E-state index in [1.807, 2.05) is 24.3 Å². The Bertz CT molecular complexity index is 1070. The fourth-order valence-corrected chi connectivity index (χ4v) is 3.34. The SMILES string of the molecule is COc1cc(/C=C(\C#N)c2ccc(Cl)cc2)cc(Cl)c1OCc1ccc(Br)cc1. The topological polar surface area (TPSA) is 42.2 Å². The van der Waals surface area contributed by atoms with Crippen molar-refractivity contribution in [1.82, 2.24) is 0 Å². The van der Waals surface area contributed by atoms with Crippen LogP contribution in [0.25, 0.3) is 11.6 Å². The van der Waals surface area contributed by atoms with E-state index >= 15 is 0 Å². The maximum absolute atomic E-state index is 9.55. The van der Waals surface area contributed by atoms with Gasteiger partial charge in [-0.25, -0.2) is 0 Å². The van der Waals surface area contributed by atoms with Gasteiger partial charge >= 0.3 is 0 Å². The molecule has 0 saturated carbocycles. The van der Waals surface area contributed by atoms with Crippen LogP contribution >= 0.6 is 39.1 Å². The Balaban J connectivity index is 1.88. The van der Waals surface area contributed by atoms with Crippen LogP contribution in [0.1, 0.15) is 16.7 Å². The van der Waals surface area contributed by atoms with Gasteiger partial charge in [0.2, 0.25) is 0 Å². The van der Waals surface area contributed by atoms with Crippen molar-refractivity contribution in [3.05, 3.63) is 91.9 Å². The second-order valence-electron chi connectivity index (χ2n) is 6.13. The molecule has 0 amide bonds. The summed E-state index contributed by atoms with van der Waals surface area (Å²) in [5, 5.41) is 10.6. The third-order valence-electron chi connectivity index (χ3n) is 4.13. The van der Waals surface area contributed by atoms with E-state index in [1.54, 1.807) is 49.6 Å². The average Bonchev–Trinajstić information content (AvgIpc) is 2.72. The number of nitrogens with zero attached hydrogens (tertiary/aromatic N) is 1. The molecule has 0 N–H and O–H groups in total. The van der Waals surface area contributed by atoms with Crippen LogP contribution in [0.2, 0.25) is 10.0 Å². The highest BCUT2D eigenvalue weighted by atomic mass is 79.9. The van der Waals surface area contributed by atoms with E-state index in [0.717, 1.165) is 21.2 Å². The van der Waals surface area contributed by atoms with Gasteiger partial charge in [-0.2, -0.15) is 5.26 Å². The number of ether oxygens (including phenoxy) is 2. The van der Waals surface area contributed by atoms with E-state index in [0.29, 0.717) is 33.7 Å². The second-order valence-corrected chi connectivity index (χ2v) is 7.89. The number of benzene rings is 3. The molecule has 3 aromatic carbocycles. The van der Waals surface area contributed by atoms with Crippen LogP contribution in [0.5, 0.6) is 11.5 Å². The number of nitriles is 1. The zero-order valence-electron chi connectivity index (χ0n) is 15.5. The minimum Gasteiger partial charge on any atom is -0.493 e. The molecule has 146 valence electrons. The molecule has 0 spiro atoms. The zero-order valence-corrected chi connectivity index (χ0v) is 18.6. The lowest BCUT2D eigenvalue weighted by Crippen LogP contribution is -1.99. The standard InChI is InChI=1S/C23H16BrCl2NO2/c1-28-22-12-16(10-18(13-27)17-4-8-20(25)9-5-17)11-21(26)23(22)29-14-15-2-6-19(24)7-3-15/h2-12H,14H2,1H3/b18-10+. The average molecular weight is 489 g/mol. The molecule has 0 aliphatic rings. The predicted molar refractivity (Wildman–Crippen MR) is 121 cm³/mol. The fraction of sp³-hybridized carbons (Fsp3) is 0.0870. The molecule has 0 fully saturated rings. The molecule has 0 aromatic heterocycles. The summed E-state index contributed by atoms with van der Waals surface area (Å²) in [4.78, 5) is 0. The Kier molecular flexibility index (Phi) is 7.22. The Hall–Kier alpha value is -2.45. The van der Waals surface area contributed by atoms with Gasteiger partial charge in [-0.05, 0) is 59.2 Å². The van der Waals surface area contributed by atoms with Gasteiger partial charge in [-0.15, -0.1) is 0 Å². The zero-order chi connectivity index (χ0) is 20.8. The summed E-state index contributed by atoms with van der Waals surface area (Å²) in [5.41, 5.74) is 2.99. The highest BCUT2D eigenvalue weighted by Crippen LogP contribution is 2.38. The highest BCUT2D eigenvalue weighted by molar-refractivity contribution is 9.10. The summed E-state index contributed by atoms with van der Waals surface area (Å²) in [6, 6.07) is 20.7. The molecule has 3 aromatic rings. The van der Waals surface area contributed by atoms with E-state index in [1.165, 1.54) is 0 Å². The minimum absolute atomic E-state index is 0.354. The van der Waals surface area contributed by atoms with Gasteiger partial charge < -0.3 is 9.47 Å². The molecule has 6 heteroatoms. The van der Waals surface area contributed by atoms with Crippen molar-refractivity contribution >= 4 is 50.8 Å². The number of rotatable bonds is 6. The molecule has 3 rings (SSSR count). The summed E-state index contributed by atoms with van der Waals surface area (Å²) < 4.78 is 12.4. The van der Waals surface area contributed by atoms with Gasteiger partial charge in [0.1, 0.15) is 6.61 Å². The van der Waals surface area contributed by atoms with Gasteiger partial charge in [0.15, 0.2) is 11.5 Å². The maximum atomic E-state index is 9.55. The van der Waals surface area contributed by atoms with Crippen LogP contribution in [0.4, 0.5) is 0 Å². The molecule has 0 radical (unpaired) electrons. The highest BCUT2D eigenvalue weighted by Gasteiger charge is 2.13. The molecular formula is C23H16BrCl2NO2. The molecule has 0 heterocycles. The minimum atomic E-state index is 0.354. The second kappa shape index (κ2) is 9.84. The lowest BCUT2D eigenvalue weighted by molar-refractivity contribution is 0.284. The molecule has 0 aliphatic heterocycles. The van der Waals surface area contributed by atoms with Crippen molar-refractivity contribution < 1.29 is 9.47 Å². The molecule has 0 atom stereocenters. The van der Waals surface area contributed by atoms with Gasteiger partial charge in [0, 0.05) is 9.50 Å². The normalized spacial score (nSPS) is 11.1. The molecule has 0 saturated heterocycles. The van der Waals surface area contributed by atoms with Gasteiger partial charge in [-0.1, -0.05) is 63.4 Å². The van der Waals surface area contributed by atoms with Gasteiger partial charge in [0.05, 0.1) is 23.8 Å². The van der Waals surface area contributed by atoms with E-state index in [4.69, 9.17) is 32.7 Å². The summed E-state index contributed by atoms with van der Waals surface area (Å²) >= 11 is 15.8. The van der Waals surface area contributed by atoms with Crippen molar-refractivity contribution in [3.63, 3.8) is 0 Å². The van der Waals surface area contributed by atoms with Crippen LogP contribution in [0.15, 0.2) is 65.1 Å². The van der Waals surface area contributed by atoms with Crippen LogP contribution in [0.3, 0.4) is 0 Å². The molecule has 0 aliphatic carbocycles. The third-order valence-corrected chi connectivity index (χ3v) is 5.20. The van der Waals surface area contributed by atoms with E-state index in [-0.39, 0.29) is 0 Å². The van der Waals surface area contributed by atoms with E-state index < -0.39 is 0 Å². The Morgan fingerprint density at radius 2 is 1.76 bits per heavy atom. The molecule has 29 heavy (non-hydrogen) atoms. The quantitative estimate of drug-likeness (QED) is 0.268. The first-order chi connectivity index (χ1) is 14.0. The van der Waals surface area contributed by atoms with E-state index in [9.17, 15) is 5.26 Å². The molecular weight excluding hydrogens is 473 g/mol. The molecule has 3 nitrogen and oxygen atoms in total. The van der Waals surface area contributed by atoms with Gasteiger partial charge in [0.25, 0.3) is 0 Å². The van der Waals surface area contributed by atoms with Crippen LogP contribution in [0, 0.1) is 11.3 Å². The summed E-state index contributed by atoms with van der Waals surface area (Å²) in [5.74, 6) is 0.952. The first-order valence-electron chi connectivity index (χ1n) is 8.62. The Morgan fingerprint density at radius 3 is 2.38 bits per heavy atom. The summed E-state index contributed by atoms with van der Waals surface area (Å²) in [7, 11) is 1.55. The van der Waals surface area contributed by atoms with Crippen molar-refractivity contribution in [2.75, 3.05) is 7.11 Å². The summed E-state index contributed by atoms with van der Waals surface area (Å²) in [6.07, 6.45) is 1.75. The molecule has 0 unspecified atom stereocenters. The first-order valence-corrected chi connectivity index (χ1v) is 10.2. The largest absolute Gasteiger partial charge is 0.493 e. The van der Waals surface area contributed by atoms with Crippen molar-refractivity contribution in [3.8, 4) is 17.6 Å². The molecule has 0 bridgehead atoms. The number of hydrogen-bond donors (Lipinski definition) is 0. The Morgan fingerprint density at radius 1 is 1.07 bits per heavy atom. The number of methoxy groups -OCH3 is 1. The van der Waals surface area contributed by atoms with Crippen LogP contribution in [-0.4, -0.2) is 7.11 Å². The van der Waals surface area contributed by atoms with Crippen LogP contribution < -0.4 is 9.47 Å². The lowest BCUT2D eigenvalue weighted by Gasteiger charge is -2.14. The van der Waals surface area contributed by atoms with E-state index in [2.05, 4.69) is 22.0 Å². The summed E-state index contributed by atoms with van der Waals surface area (Å²) in [6.45, 7) is 0.354. The number of hydrogen-bond acceptors (Lipinski definition) is 3. The van der Waals surface area contributed by atoms with Gasteiger partial charge in [-0.3, -0.25) is 0 Å². The predicted octanol–water partition coefficient (Wildman–Crippen LogP) is 7.41. The number of allylic oxidation sites excluding steroid dienone is 1. The van der Waals surface area contributed by atoms with Crippen molar-refractivity contribution in [2.24, 2.45) is 0 Å².